The summed E-state index contributed by atoms with van der Waals surface area (Å²) in [5.41, 5.74) is 2.50. The van der Waals surface area contributed by atoms with Crippen LogP contribution in [0.1, 0.15) is 34.3 Å². The van der Waals surface area contributed by atoms with Crippen LogP contribution >= 0.6 is 11.3 Å². The topological polar surface area (TPSA) is 88.6 Å². The number of nitrogens with zero attached hydrogens (tertiary/aromatic N) is 2. The fourth-order valence-corrected chi connectivity index (χ4v) is 6.40. The van der Waals surface area contributed by atoms with Crippen LogP contribution in [0.15, 0.2) is 53.9 Å². The van der Waals surface area contributed by atoms with Crippen molar-refractivity contribution in [2.75, 3.05) is 31.3 Å². The van der Waals surface area contributed by atoms with Crippen LogP contribution in [-0.4, -0.2) is 55.7 Å². The van der Waals surface area contributed by atoms with E-state index in [1.54, 1.807) is 17.5 Å². The lowest BCUT2D eigenvalue weighted by molar-refractivity contribution is -0.107. The molecule has 1 aromatic heterocycles. The molecule has 2 heterocycles. The number of aromatic nitrogens is 1. The molecule has 0 spiro atoms. The third-order valence-corrected chi connectivity index (χ3v) is 8.71. The van der Waals surface area contributed by atoms with Gasteiger partial charge in [-0.3, -0.25) is 4.79 Å². The van der Waals surface area contributed by atoms with Crippen molar-refractivity contribution in [3.63, 3.8) is 0 Å². The van der Waals surface area contributed by atoms with Gasteiger partial charge in [-0.05, 0) is 30.5 Å². The monoisotopic (exact) mass is 539 g/mol. The first-order valence-electron chi connectivity index (χ1n) is 11.1. The summed E-state index contributed by atoms with van der Waals surface area (Å²) in [6.07, 6.45) is -4.12. The van der Waals surface area contributed by atoms with Gasteiger partial charge >= 0.3 is 6.18 Å². The molecule has 1 saturated heterocycles. The normalized spacial score (nSPS) is 15.6. The Hall–Kier alpha value is -2.96. The van der Waals surface area contributed by atoms with E-state index in [1.807, 2.05) is 36.4 Å². The Morgan fingerprint density at radius 3 is 2.50 bits per heavy atom. The quantitative estimate of drug-likeness (QED) is 0.449. The van der Waals surface area contributed by atoms with Crippen molar-refractivity contribution in [2.45, 2.75) is 24.9 Å². The number of carbonyl (C=O) groups is 1. The predicted molar refractivity (Wildman–Crippen MR) is 132 cm³/mol. The number of hydrogen-bond donors (Lipinski definition) is 1. The van der Waals surface area contributed by atoms with Gasteiger partial charge in [0.25, 0.3) is 5.91 Å². The molecule has 1 fully saturated rings. The molecule has 4 rings (SSSR count). The van der Waals surface area contributed by atoms with E-state index in [2.05, 4.69) is 10.3 Å². The third-order valence-electron chi connectivity index (χ3n) is 5.86. The molecule has 7 nitrogen and oxygen atoms in total. The number of thiazole rings is 1. The summed E-state index contributed by atoms with van der Waals surface area (Å²) < 4.78 is 68.0. The van der Waals surface area contributed by atoms with E-state index in [0.29, 0.717) is 29.3 Å². The molecule has 2 aromatic carbocycles. The first-order chi connectivity index (χ1) is 17.1. The van der Waals surface area contributed by atoms with E-state index in [0.717, 1.165) is 15.4 Å². The number of nitrogens with one attached hydrogen (secondary N) is 1. The van der Waals surface area contributed by atoms with Gasteiger partial charge < -0.3 is 10.1 Å². The lowest BCUT2D eigenvalue weighted by Crippen LogP contribution is -2.42. The van der Waals surface area contributed by atoms with Gasteiger partial charge in [0.05, 0.1) is 17.8 Å². The van der Waals surface area contributed by atoms with Crippen molar-refractivity contribution in [1.29, 1.82) is 0 Å². The van der Waals surface area contributed by atoms with Crippen molar-refractivity contribution < 1.29 is 31.1 Å². The Balaban J connectivity index is 1.45. The third kappa shape index (κ3) is 6.23. The molecule has 0 atom stereocenters. The minimum atomic E-state index is -4.78. The second-order valence-corrected chi connectivity index (χ2v) is 11.2. The Morgan fingerprint density at radius 1 is 1.17 bits per heavy atom. The molecule has 0 saturated carbocycles. The summed E-state index contributed by atoms with van der Waals surface area (Å²) in [6, 6.07) is 15.0. The van der Waals surface area contributed by atoms with Crippen LogP contribution in [0, 0.1) is 0 Å². The van der Waals surface area contributed by atoms with Crippen LogP contribution in [0.3, 0.4) is 0 Å². The number of halogens is 3. The number of piperidine rings is 1. The minimum Gasteiger partial charge on any atom is -0.497 e. The zero-order valence-electron chi connectivity index (χ0n) is 19.3. The Labute approximate surface area is 211 Å². The largest absolute Gasteiger partial charge is 0.497 e. The molecule has 1 aliphatic rings. The molecule has 36 heavy (non-hydrogen) atoms. The molecule has 0 aliphatic carbocycles. The fraction of sp³-hybridized carbons (Fsp3) is 0.333. The highest BCUT2D eigenvalue weighted by molar-refractivity contribution is 7.89. The lowest BCUT2D eigenvalue weighted by Gasteiger charge is -2.30. The maximum Gasteiger partial charge on any atom is 0.404 e. The van der Waals surface area contributed by atoms with Crippen molar-refractivity contribution >= 4 is 33.0 Å². The fourth-order valence-electron chi connectivity index (χ4n) is 4.07. The molecular weight excluding hydrogens is 515 g/mol. The average Bonchev–Trinajstić information content (AvgIpc) is 3.34. The van der Waals surface area contributed by atoms with Gasteiger partial charge in [-0.1, -0.05) is 30.3 Å². The molecule has 12 heteroatoms. The summed E-state index contributed by atoms with van der Waals surface area (Å²) in [6.45, 7) is -0.0388. The Morgan fingerprint density at radius 2 is 1.86 bits per heavy atom. The Bertz CT molecular complexity index is 1320. The van der Waals surface area contributed by atoms with Gasteiger partial charge in [0.15, 0.2) is 5.75 Å². The standard InChI is InChI=1S/C24H24F3N3O4S2/c1-34-18-7-8-19(16-5-3-2-4-6-16)20(13-18)28-22(31)21-14-35-23(29-21)17-9-11-30(12-10-17)36(32,33)15-24(25,26)27/h2-8,13-14,17H,9-12,15H2,1H3,(H,28,31). The highest BCUT2D eigenvalue weighted by Crippen LogP contribution is 2.34. The maximum absolute atomic E-state index is 13.0. The average molecular weight is 540 g/mol. The smallest absolute Gasteiger partial charge is 0.404 e. The predicted octanol–water partition coefficient (Wildman–Crippen LogP) is 5.14. The van der Waals surface area contributed by atoms with Crippen LogP contribution in [-0.2, 0) is 10.0 Å². The van der Waals surface area contributed by atoms with Crippen molar-refractivity contribution in [3.8, 4) is 16.9 Å². The van der Waals surface area contributed by atoms with Crippen molar-refractivity contribution in [2.24, 2.45) is 0 Å². The van der Waals surface area contributed by atoms with Gasteiger partial charge in [0.1, 0.15) is 11.4 Å². The van der Waals surface area contributed by atoms with E-state index in [4.69, 9.17) is 4.74 Å². The zero-order valence-corrected chi connectivity index (χ0v) is 20.9. The van der Waals surface area contributed by atoms with E-state index in [9.17, 15) is 26.4 Å². The van der Waals surface area contributed by atoms with Gasteiger partial charge in [-0.25, -0.2) is 17.7 Å². The SMILES string of the molecule is COc1ccc(-c2ccccc2)c(NC(=O)c2csc(C3CCN(S(=O)(=O)CC(F)(F)F)CC3)n2)c1. The maximum atomic E-state index is 13.0. The molecule has 0 bridgehead atoms. The van der Waals surface area contributed by atoms with E-state index in [-0.39, 0.29) is 24.7 Å². The highest BCUT2D eigenvalue weighted by atomic mass is 32.2. The highest BCUT2D eigenvalue weighted by Gasteiger charge is 2.39. The Kier molecular flexibility index (Phi) is 7.67. The number of ether oxygens (including phenoxy) is 1. The summed E-state index contributed by atoms with van der Waals surface area (Å²) in [7, 11) is -2.87. The molecule has 192 valence electrons. The van der Waals surface area contributed by atoms with Crippen LogP contribution in [0.4, 0.5) is 18.9 Å². The summed E-state index contributed by atoms with van der Waals surface area (Å²) >= 11 is 1.28. The summed E-state index contributed by atoms with van der Waals surface area (Å²) in [4.78, 5) is 17.5. The zero-order chi connectivity index (χ0) is 25.9. The van der Waals surface area contributed by atoms with Gasteiger partial charge in [0, 0.05) is 36.0 Å². The number of methoxy groups -OCH3 is 1. The van der Waals surface area contributed by atoms with E-state index >= 15 is 0 Å². The second kappa shape index (κ2) is 10.6. The first-order valence-corrected chi connectivity index (χ1v) is 13.6. The number of sulfonamides is 1. The molecule has 3 aromatic rings. The summed E-state index contributed by atoms with van der Waals surface area (Å²) in [5, 5.41) is 5.18. The van der Waals surface area contributed by atoms with Gasteiger partial charge in [-0.2, -0.15) is 13.2 Å². The van der Waals surface area contributed by atoms with E-state index < -0.39 is 27.9 Å². The lowest BCUT2D eigenvalue weighted by atomic mass is 9.99. The number of benzene rings is 2. The molecule has 1 N–H and O–H groups in total. The van der Waals surface area contributed by atoms with Crippen LogP contribution in [0.2, 0.25) is 0 Å². The van der Waals surface area contributed by atoms with Crippen molar-refractivity contribution in [1.82, 2.24) is 9.29 Å². The number of carbonyl (C=O) groups excluding carboxylic acids is 1. The molecular formula is C24H24F3N3O4S2. The van der Waals surface area contributed by atoms with E-state index in [1.165, 1.54) is 18.4 Å². The molecule has 0 unspecified atom stereocenters. The minimum absolute atomic E-state index is 0.0194. The molecule has 1 amide bonds. The van der Waals surface area contributed by atoms with Gasteiger partial charge in [0.2, 0.25) is 10.0 Å². The van der Waals surface area contributed by atoms with Gasteiger partial charge in [-0.15, -0.1) is 11.3 Å². The van der Waals surface area contributed by atoms with Crippen molar-refractivity contribution in [3.05, 3.63) is 64.6 Å². The first kappa shape index (κ1) is 26.1. The number of rotatable bonds is 7. The number of anilines is 1. The number of hydrogen-bond acceptors (Lipinski definition) is 6. The number of amides is 1. The van der Waals surface area contributed by atoms with Crippen LogP contribution < -0.4 is 10.1 Å². The second-order valence-electron chi connectivity index (χ2n) is 8.35. The summed E-state index contributed by atoms with van der Waals surface area (Å²) in [5.74, 6) is -1.82. The number of alkyl halides is 3. The molecule has 0 radical (unpaired) electrons. The van der Waals surface area contributed by atoms with Crippen LogP contribution in [0.5, 0.6) is 5.75 Å². The van der Waals surface area contributed by atoms with Crippen LogP contribution in [0.25, 0.3) is 11.1 Å². The molecule has 1 aliphatic heterocycles.